The third kappa shape index (κ3) is 3.40. The maximum Gasteiger partial charge on any atom is 0.0998 e. The van der Waals surface area contributed by atoms with Gasteiger partial charge in [-0.15, -0.1) is 0 Å². The molecule has 0 saturated heterocycles. The van der Waals surface area contributed by atoms with Gasteiger partial charge in [-0.05, 0) is 41.5 Å². The van der Waals surface area contributed by atoms with Crippen LogP contribution in [-0.4, -0.2) is 14.1 Å². The average Bonchev–Trinajstić information content (AvgIpc) is 2.46. The van der Waals surface area contributed by atoms with Crippen LogP contribution in [0.3, 0.4) is 0 Å². The first-order valence-corrected chi connectivity index (χ1v) is 6.63. The second-order valence-corrected chi connectivity index (χ2v) is 5.10. The highest BCUT2D eigenvalue weighted by molar-refractivity contribution is 6.30. The second kappa shape index (κ2) is 6.27. The quantitative estimate of drug-likeness (QED) is 0.613. The van der Waals surface area contributed by atoms with Crippen molar-refractivity contribution < 1.29 is 0 Å². The van der Waals surface area contributed by atoms with Gasteiger partial charge in [0.1, 0.15) is 0 Å². The summed E-state index contributed by atoms with van der Waals surface area (Å²) >= 11 is 5.86. The SMILES string of the molecule is CN(C)c1ccc(C=C(C#N)c2ccc(Cl)cc2)cc1. The lowest BCUT2D eigenvalue weighted by Gasteiger charge is -2.11. The molecule has 20 heavy (non-hydrogen) atoms. The molecule has 0 amide bonds. The standard InChI is InChI=1S/C17H15ClN2/c1-20(2)17-9-3-13(4-10-17)11-15(12-19)14-5-7-16(18)8-6-14/h3-11H,1-2H3. The van der Waals surface area contributed by atoms with E-state index in [1.807, 2.05) is 61.5 Å². The topological polar surface area (TPSA) is 27.0 Å². The molecule has 0 atom stereocenters. The molecule has 2 aromatic rings. The van der Waals surface area contributed by atoms with Gasteiger partial charge in [0.05, 0.1) is 11.6 Å². The highest BCUT2D eigenvalue weighted by Gasteiger charge is 2.01. The summed E-state index contributed by atoms with van der Waals surface area (Å²) in [7, 11) is 4.00. The van der Waals surface area contributed by atoms with Gasteiger partial charge in [-0.3, -0.25) is 0 Å². The van der Waals surface area contributed by atoms with E-state index in [1.165, 1.54) is 0 Å². The first kappa shape index (κ1) is 14.2. The lowest BCUT2D eigenvalue weighted by molar-refractivity contribution is 1.13. The monoisotopic (exact) mass is 282 g/mol. The number of benzene rings is 2. The van der Waals surface area contributed by atoms with E-state index in [-0.39, 0.29) is 0 Å². The van der Waals surface area contributed by atoms with Gasteiger partial charge in [-0.25, -0.2) is 0 Å². The molecule has 2 rings (SSSR count). The van der Waals surface area contributed by atoms with Crippen molar-refractivity contribution in [1.82, 2.24) is 0 Å². The van der Waals surface area contributed by atoms with Crippen molar-refractivity contribution in [1.29, 1.82) is 5.26 Å². The minimum atomic E-state index is 0.624. The molecule has 2 aromatic carbocycles. The highest BCUT2D eigenvalue weighted by Crippen LogP contribution is 2.21. The van der Waals surface area contributed by atoms with Crippen LogP contribution in [0.5, 0.6) is 0 Å². The summed E-state index contributed by atoms with van der Waals surface area (Å²) in [5, 5.41) is 9.96. The summed E-state index contributed by atoms with van der Waals surface area (Å²) in [5.41, 5.74) is 3.63. The van der Waals surface area contributed by atoms with Crippen molar-refractivity contribution in [2.24, 2.45) is 0 Å². The zero-order valence-electron chi connectivity index (χ0n) is 11.5. The van der Waals surface area contributed by atoms with Gasteiger partial charge in [-0.1, -0.05) is 35.9 Å². The van der Waals surface area contributed by atoms with E-state index in [9.17, 15) is 5.26 Å². The first-order valence-electron chi connectivity index (χ1n) is 6.25. The van der Waals surface area contributed by atoms with Gasteiger partial charge in [0.25, 0.3) is 0 Å². The Kier molecular flexibility index (Phi) is 4.45. The molecule has 0 aliphatic carbocycles. The fourth-order valence-corrected chi connectivity index (χ4v) is 1.97. The minimum Gasteiger partial charge on any atom is -0.378 e. The molecule has 0 bridgehead atoms. The van der Waals surface area contributed by atoms with Crippen molar-refractivity contribution in [2.45, 2.75) is 0 Å². The number of hydrogen-bond acceptors (Lipinski definition) is 2. The molecule has 0 unspecified atom stereocenters. The van der Waals surface area contributed by atoms with E-state index in [0.717, 1.165) is 16.8 Å². The van der Waals surface area contributed by atoms with Gasteiger partial charge in [0.15, 0.2) is 0 Å². The number of nitrogens with zero attached hydrogens (tertiary/aromatic N) is 2. The zero-order valence-corrected chi connectivity index (χ0v) is 12.2. The van der Waals surface area contributed by atoms with Crippen molar-refractivity contribution in [3.8, 4) is 6.07 Å². The van der Waals surface area contributed by atoms with Crippen molar-refractivity contribution in [3.05, 3.63) is 64.7 Å². The lowest BCUT2D eigenvalue weighted by Crippen LogP contribution is -2.07. The summed E-state index contributed by atoms with van der Waals surface area (Å²) in [5.74, 6) is 0. The first-order chi connectivity index (χ1) is 9.60. The third-order valence-corrected chi connectivity index (χ3v) is 3.25. The summed E-state index contributed by atoms with van der Waals surface area (Å²) in [6, 6.07) is 17.6. The van der Waals surface area contributed by atoms with Crippen LogP contribution in [0.1, 0.15) is 11.1 Å². The maximum atomic E-state index is 9.29. The summed E-state index contributed by atoms with van der Waals surface area (Å²) in [6.45, 7) is 0. The molecule has 0 aliphatic rings. The van der Waals surface area contributed by atoms with Gasteiger partial charge >= 0.3 is 0 Å². The number of halogens is 1. The Balaban J connectivity index is 2.31. The van der Waals surface area contributed by atoms with Gasteiger partial charge in [-0.2, -0.15) is 5.26 Å². The molecule has 3 heteroatoms. The van der Waals surface area contributed by atoms with Crippen LogP contribution in [0.15, 0.2) is 48.5 Å². The van der Waals surface area contributed by atoms with Crippen LogP contribution in [0, 0.1) is 11.3 Å². The fourth-order valence-electron chi connectivity index (χ4n) is 1.84. The predicted molar refractivity (Wildman–Crippen MR) is 85.7 cm³/mol. The number of anilines is 1. The zero-order chi connectivity index (χ0) is 14.5. The highest BCUT2D eigenvalue weighted by atomic mass is 35.5. The van der Waals surface area contributed by atoms with Gasteiger partial charge < -0.3 is 4.90 Å². The Morgan fingerprint density at radius 2 is 1.65 bits per heavy atom. The average molecular weight is 283 g/mol. The molecular weight excluding hydrogens is 268 g/mol. The maximum absolute atomic E-state index is 9.29. The van der Waals surface area contributed by atoms with Gasteiger partial charge in [0, 0.05) is 24.8 Å². The third-order valence-electron chi connectivity index (χ3n) is 3.00. The van der Waals surface area contributed by atoms with E-state index in [0.29, 0.717) is 10.6 Å². The smallest absolute Gasteiger partial charge is 0.0998 e. The van der Waals surface area contributed by atoms with Crippen molar-refractivity contribution >= 4 is 28.9 Å². The molecule has 2 nitrogen and oxygen atoms in total. The Morgan fingerprint density at radius 3 is 2.15 bits per heavy atom. The second-order valence-electron chi connectivity index (χ2n) is 4.66. The van der Waals surface area contributed by atoms with Crippen LogP contribution in [0.2, 0.25) is 5.02 Å². The molecule has 0 aliphatic heterocycles. The molecule has 0 saturated carbocycles. The Bertz CT molecular complexity index is 647. The van der Waals surface area contributed by atoms with Gasteiger partial charge in [0.2, 0.25) is 0 Å². The summed E-state index contributed by atoms with van der Waals surface area (Å²) in [4.78, 5) is 2.04. The normalized spacial score (nSPS) is 11.0. The number of nitriles is 1. The van der Waals surface area contributed by atoms with E-state index in [2.05, 4.69) is 6.07 Å². The lowest BCUT2D eigenvalue weighted by atomic mass is 10.0. The van der Waals surface area contributed by atoms with E-state index < -0.39 is 0 Å². The van der Waals surface area contributed by atoms with Crippen LogP contribution in [-0.2, 0) is 0 Å². The Hall–Kier alpha value is -2.24. The number of hydrogen-bond donors (Lipinski definition) is 0. The largest absolute Gasteiger partial charge is 0.378 e. The number of allylic oxidation sites excluding steroid dienone is 1. The Morgan fingerprint density at radius 1 is 1.05 bits per heavy atom. The fraction of sp³-hybridized carbons (Fsp3) is 0.118. The van der Waals surface area contributed by atoms with Crippen molar-refractivity contribution in [2.75, 3.05) is 19.0 Å². The minimum absolute atomic E-state index is 0.624. The molecular formula is C17H15ClN2. The summed E-state index contributed by atoms with van der Waals surface area (Å²) in [6.07, 6.45) is 1.88. The predicted octanol–water partition coefficient (Wildman–Crippen LogP) is 4.47. The van der Waals surface area contributed by atoms with Crippen LogP contribution < -0.4 is 4.90 Å². The molecule has 0 radical (unpaired) electrons. The van der Waals surface area contributed by atoms with Crippen LogP contribution >= 0.6 is 11.6 Å². The van der Waals surface area contributed by atoms with Crippen LogP contribution in [0.25, 0.3) is 11.6 Å². The molecule has 0 fully saturated rings. The molecule has 100 valence electrons. The molecule has 0 heterocycles. The van der Waals surface area contributed by atoms with E-state index >= 15 is 0 Å². The number of rotatable bonds is 3. The van der Waals surface area contributed by atoms with Crippen LogP contribution in [0.4, 0.5) is 5.69 Å². The van der Waals surface area contributed by atoms with E-state index in [4.69, 9.17) is 11.6 Å². The molecule has 0 spiro atoms. The van der Waals surface area contributed by atoms with Crippen molar-refractivity contribution in [3.63, 3.8) is 0 Å². The molecule has 0 aromatic heterocycles. The Labute approximate surface area is 124 Å². The summed E-state index contributed by atoms with van der Waals surface area (Å²) < 4.78 is 0. The van der Waals surface area contributed by atoms with E-state index in [1.54, 1.807) is 12.1 Å². The molecule has 0 N–H and O–H groups in total.